The normalized spacial score (nSPS) is 12.4. The van der Waals surface area contributed by atoms with Crippen LogP contribution in [0.25, 0.3) is 0 Å². The number of phenolic OH excluding ortho intramolecular Hbond substituents is 1. The van der Waals surface area contributed by atoms with Crippen molar-refractivity contribution in [3.63, 3.8) is 0 Å². The molecule has 2 nitrogen and oxygen atoms in total. The Hall–Kier alpha value is -1.18. The van der Waals surface area contributed by atoms with E-state index in [1.54, 1.807) is 12.1 Å². The number of hydrogen-bond donors (Lipinski definition) is 1. The minimum atomic E-state index is 0.267. The lowest BCUT2D eigenvalue weighted by atomic mass is 10.1. The molecule has 1 aromatic carbocycles. The van der Waals surface area contributed by atoms with E-state index in [0.717, 1.165) is 18.6 Å². The topological polar surface area (TPSA) is 29.5 Å². The van der Waals surface area contributed by atoms with Crippen molar-refractivity contribution in [3.05, 3.63) is 24.3 Å². The van der Waals surface area contributed by atoms with Crippen molar-refractivity contribution in [3.8, 4) is 11.5 Å². The maximum atomic E-state index is 9.36. The molecule has 1 unspecified atom stereocenters. The van der Waals surface area contributed by atoms with Gasteiger partial charge in [-0.25, -0.2) is 0 Å². The third-order valence-electron chi connectivity index (χ3n) is 2.96. The summed E-state index contributed by atoms with van der Waals surface area (Å²) in [6, 6.07) is 7.05. The quantitative estimate of drug-likeness (QED) is 0.672. The molecule has 0 saturated heterocycles. The number of benzene rings is 1. The van der Waals surface area contributed by atoms with Crippen LogP contribution in [0.2, 0.25) is 0 Å². The highest BCUT2D eigenvalue weighted by molar-refractivity contribution is 5.31. The van der Waals surface area contributed by atoms with Crippen molar-refractivity contribution in [2.75, 3.05) is 0 Å². The van der Waals surface area contributed by atoms with Gasteiger partial charge in [0.1, 0.15) is 11.5 Å². The molecular weight excluding hydrogens is 212 g/mol. The van der Waals surface area contributed by atoms with Gasteiger partial charge >= 0.3 is 0 Å². The summed E-state index contributed by atoms with van der Waals surface area (Å²) in [6.45, 7) is 4.37. The minimum absolute atomic E-state index is 0.267. The summed E-state index contributed by atoms with van der Waals surface area (Å²) < 4.78 is 5.86. The van der Waals surface area contributed by atoms with E-state index in [2.05, 4.69) is 13.8 Å². The van der Waals surface area contributed by atoms with Crippen molar-refractivity contribution in [1.29, 1.82) is 0 Å². The molecule has 0 aliphatic carbocycles. The lowest BCUT2D eigenvalue weighted by molar-refractivity contribution is 0.182. The Labute approximate surface area is 105 Å². The highest BCUT2D eigenvalue weighted by atomic mass is 16.5. The summed E-state index contributed by atoms with van der Waals surface area (Å²) >= 11 is 0. The number of phenols is 1. The number of aromatic hydroxyl groups is 1. The zero-order valence-electron chi connectivity index (χ0n) is 11.0. The fraction of sp³-hybridized carbons (Fsp3) is 0.600. The molecule has 0 radical (unpaired) electrons. The van der Waals surface area contributed by atoms with Gasteiger partial charge in [-0.15, -0.1) is 0 Å². The van der Waals surface area contributed by atoms with Gasteiger partial charge in [0.15, 0.2) is 0 Å². The molecule has 1 atom stereocenters. The molecule has 1 rings (SSSR count). The van der Waals surface area contributed by atoms with Crippen molar-refractivity contribution in [1.82, 2.24) is 0 Å². The highest BCUT2D eigenvalue weighted by Crippen LogP contribution is 2.21. The monoisotopic (exact) mass is 236 g/mol. The molecule has 17 heavy (non-hydrogen) atoms. The van der Waals surface area contributed by atoms with Gasteiger partial charge in [0.05, 0.1) is 6.10 Å². The Kier molecular flexibility index (Phi) is 6.53. The third-order valence-corrected chi connectivity index (χ3v) is 2.96. The van der Waals surface area contributed by atoms with E-state index < -0.39 is 0 Å². The van der Waals surface area contributed by atoms with Gasteiger partial charge in [0.2, 0.25) is 0 Å². The van der Waals surface area contributed by atoms with E-state index in [-0.39, 0.29) is 11.9 Å². The van der Waals surface area contributed by atoms with E-state index in [1.165, 1.54) is 25.7 Å². The summed E-state index contributed by atoms with van der Waals surface area (Å²) in [5.41, 5.74) is 0. The first kappa shape index (κ1) is 13.9. The molecule has 0 aromatic heterocycles. The van der Waals surface area contributed by atoms with E-state index >= 15 is 0 Å². The van der Waals surface area contributed by atoms with E-state index in [0.29, 0.717) is 0 Å². The summed E-state index contributed by atoms with van der Waals surface area (Å²) in [4.78, 5) is 0. The predicted octanol–water partition coefficient (Wildman–Crippen LogP) is 4.52. The molecular formula is C15H24O2. The Morgan fingerprint density at radius 1 is 1.18 bits per heavy atom. The number of ether oxygens (including phenoxy) is 1. The van der Waals surface area contributed by atoms with Crippen LogP contribution in [0.3, 0.4) is 0 Å². The van der Waals surface area contributed by atoms with Crippen LogP contribution in [-0.4, -0.2) is 11.2 Å². The van der Waals surface area contributed by atoms with Gasteiger partial charge in [-0.3, -0.25) is 0 Å². The number of rotatable bonds is 8. The van der Waals surface area contributed by atoms with Crippen molar-refractivity contribution in [2.45, 2.75) is 58.5 Å². The predicted molar refractivity (Wildman–Crippen MR) is 71.6 cm³/mol. The van der Waals surface area contributed by atoms with Crippen molar-refractivity contribution < 1.29 is 9.84 Å². The van der Waals surface area contributed by atoms with Crippen LogP contribution in [0.5, 0.6) is 11.5 Å². The Bertz CT molecular complexity index is 310. The average Bonchev–Trinajstić information content (AvgIpc) is 2.33. The zero-order chi connectivity index (χ0) is 12.5. The van der Waals surface area contributed by atoms with Gasteiger partial charge in [-0.05, 0) is 31.4 Å². The average molecular weight is 236 g/mol. The summed E-state index contributed by atoms with van der Waals surface area (Å²) in [7, 11) is 0. The summed E-state index contributed by atoms with van der Waals surface area (Å²) in [6.07, 6.45) is 7.48. The standard InChI is InChI=1S/C15H24O2/c1-3-5-6-7-10-14(4-2)17-15-11-8-9-13(16)12-15/h8-9,11-12,14,16H,3-7,10H2,1-2H3. The van der Waals surface area contributed by atoms with E-state index in [1.807, 2.05) is 12.1 Å². The fourth-order valence-electron chi connectivity index (χ4n) is 1.89. The second-order valence-corrected chi connectivity index (χ2v) is 4.49. The molecule has 0 aliphatic heterocycles. The van der Waals surface area contributed by atoms with E-state index in [9.17, 15) is 5.11 Å². The van der Waals surface area contributed by atoms with Crippen LogP contribution in [0.15, 0.2) is 24.3 Å². The molecule has 0 spiro atoms. The van der Waals surface area contributed by atoms with Gasteiger partial charge < -0.3 is 9.84 Å². The molecule has 1 N–H and O–H groups in total. The summed E-state index contributed by atoms with van der Waals surface area (Å²) in [5.74, 6) is 1.04. The largest absolute Gasteiger partial charge is 0.508 e. The highest BCUT2D eigenvalue weighted by Gasteiger charge is 2.08. The van der Waals surface area contributed by atoms with Crippen LogP contribution in [0.4, 0.5) is 0 Å². The smallest absolute Gasteiger partial charge is 0.123 e. The van der Waals surface area contributed by atoms with Gasteiger partial charge in [-0.2, -0.15) is 0 Å². The first-order chi connectivity index (χ1) is 8.26. The molecule has 1 aromatic rings. The maximum absolute atomic E-state index is 9.36. The molecule has 0 fully saturated rings. The lowest BCUT2D eigenvalue weighted by Crippen LogP contribution is -2.15. The van der Waals surface area contributed by atoms with E-state index in [4.69, 9.17) is 4.74 Å². The third kappa shape index (κ3) is 5.62. The van der Waals surface area contributed by atoms with Crippen LogP contribution in [0, 0.1) is 0 Å². The van der Waals surface area contributed by atoms with Crippen molar-refractivity contribution in [2.24, 2.45) is 0 Å². The molecule has 0 amide bonds. The molecule has 2 heteroatoms. The second kappa shape index (κ2) is 7.99. The van der Waals surface area contributed by atoms with Crippen LogP contribution < -0.4 is 4.74 Å². The van der Waals surface area contributed by atoms with Gasteiger partial charge in [0, 0.05) is 6.07 Å². The summed E-state index contributed by atoms with van der Waals surface area (Å²) in [5, 5.41) is 9.36. The SMILES string of the molecule is CCCCCCC(CC)Oc1cccc(O)c1. The first-order valence-electron chi connectivity index (χ1n) is 6.72. The fourth-order valence-corrected chi connectivity index (χ4v) is 1.89. The molecule has 0 bridgehead atoms. The maximum Gasteiger partial charge on any atom is 0.123 e. The van der Waals surface area contributed by atoms with Gasteiger partial charge in [-0.1, -0.05) is 39.2 Å². The van der Waals surface area contributed by atoms with Crippen LogP contribution in [-0.2, 0) is 0 Å². The lowest BCUT2D eigenvalue weighted by Gasteiger charge is -2.17. The zero-order valence-corrected chi connectivity index (χ0v) is 11.0. The molecule has 0 aliphatic rings. The minimum Gasteiger partial charge on any atom is -0.508 e. The molecule has 0 heterocycles. The van der Waals surface area contributed by atoms with Crippen LogP contribution >= 0.6 is 0 Å². The number of unbranched alkanes of at least 4 members (excludes halogenated alkanes) is 3. The van der Waals surface area contributed by atoms with Gasteiger partial charge in [0.25, 0.3) is 0 Å². The molecule has 96 valence electrons. The van der Waals surface area contributed by atoms with Crippen molar-refractivity contribution >= 4 is 0 Å². The Morgan fingerprint density at radius 3 is 2.65 bits per heavy atom. The second-order valence-electron chi connectivity index (χ2n) is 4.49. The number of hydrogen-bond acceptors (Lipinski definition) is 2. The first-order valence-corrected chi connectivity index (χ1v) is 6.72. The molecule has 0 saturated carbocycles. The Morgan fingerprint density at radius 2 is 2.00 bits per heavy atom. The Balaban J connectivity index is 2.35. The van der Waals surface area contributed by atoms with Crippen LogP contribution in [0.1, 0.15) is 52.4 Å².